The van der Waals surface area contributed by atoms with Crippen molar-refractivity contribution in [1.29, 1.82) is 0 Å². The van der Waals surface area contributed by atoms with E-state index in [0.717, 1.165) is 18.3 Å². The molecule has 2 aromatic heterocycles. The van der Waals surface area contributed by atoms with Gasteiger partial charge in [-0.2, -0.15) is 0 Å². The lowest BCUT2D eigenvalue weighted by Crippen LogP contribution is -1.81. The second kappa shape index (κ2) is 4.74. The van der Waals surface area contributed by atoms with E-state index in [2.05, 4.69) is 41.8 Å². The summed E-state index contributed by atoms with van der Waals surface area (Å²) in [6.07, 6.45) is 3.57. The quantitative estimate of drug-likeness (QED) is 0.810. The molecule has 0 bridgehead atoms. The van der Waals surface area contributed by atoms with Crippen molar-refractivity contribution in [1.82, 2.24) is 9.97 Å². The second-order valence-electron chi connectivity index (χ2n) is 2.34. The number of aromatic nitrogens is 2. The van der Waals surface area contributed by atoms with Crippen molar-refractivity contribution >= 4 is 55.0 Å². The van der Waals surface area contributed by atoms with Gasteiger partial charge in [-0.15, -0.1) is 11.3 Å². The summed E-state index contributed by atoms with van der Waals surface area (Å²) in [7, 11) is 0. The number of halogens is 2. The summed E-state index contributed by atoms with van der Waals surface area (Å²) in [5.41, 5.74) is 0. The van der Waals surface area contributed by atoms with Crippen LogP contribution in [-0.4, -0.2) is 9.97 Å². The molecule has 6 heteroatoms. The maximum atomic E-state index is 4.29. The van der Waals surface area contributed by atoms with Crippen LogP contribution in [0.5, 0.6) is 0 Å². The van der Waals surface area contributed by atoms with Crippen LogP contribution in [0.4, 0.5) is 0 Å². The third kappa shape index (κ3) is 2.56. The SMILES string of the molecule is Brc1cnc(Sc2nccs2)c(Br)c1. The smallest absolute Gasteiger partial charge is 0.156 e. The zero-order valence-corrected chi connectivity index (χ0v) is 11.6. The highest BCUT2D eigenvalue weighted by molar-refractivity contribution is 9.11. The first-order chi connectivity index (χ1) is 6.75. The van der Waals surface area contributed by atoms with Crippen molar-refractivity contribution in [3.8, 4) is 0 Å². The fraction of sp³-hybridized carbons (Fsp3) is 0. The fourth-order valence-corrected chi connectivity index (χ4v) is 3.55. The number of thiazole rings is 1. The number of hydrogen-bond acceptors (Lipinski definition) is 4. The molecule has 72 valence electrons. The van der Waals surface area contributed by atoms with E-state index in [4.69, 9.17) is 0 Å². The molecular formula is C8H4Br2N2S2. The lowest BCUT2D eigenvalue weighted by Gasteiger charge is -2.00. The van der Waals surface area contributed by atoms with Crippen molar-refractivity contribution in [3.63, 3.8) is 0 Å². The van der Waals surface area contributed by atoms with Crippen LogP contribution in [0.3, 0.4) is 0 Å². The fourth-order valence-electron chi connectivity index (χ4n) is 0.821. The van der Waals surface area contributed by atoms with Crippen LogP contribution in [0.25, 0.3) is 0 Å². The Morgan fingerprint density at radius 1 is 1.29 bits per heavy atom. The van der Waals surface area contributed by atoms with Gasteiger partial charge in [0.15, 0.2) is 4.34 Å². The van der Waals surface area contributed by atoms with E-state index in [9.17, 15) is 0 Å². The Bertz CT molecular complexity index is 431. The minimum absolute atomic E-state index is 0.933. The standard InChI is InChI=1S/C8H4Br2N2S2/c9-5-3-6(10)7(12-4-5)14-8-11-1-2-13-8/h1-4H. The van der Waals surface area contributed by atoms with Gasteiger partial charge in [-0.05, 0) is 49.7 Å². The second-order valence-corrected chi connectivity index (χ2v) is 6.24. The van der Waals surface area contributed by atoms with Crippen LogP contribution in [0.1, 0.15) is 0 Å². The van der Waals surface area contributed by atoms with Gasteiger partial charge in [0.05, 0.1) is 4.47 Å². The molecule has 0 N–H and O–H groups in total. The van der Waals surface area contributed by atoms with Gasteiger partial charge in [0.2, 0.25) is 0 Å². The van der Waals surface area contributed by atoms with Crippen LogP contribution in [0.15, 0.2) is 42.2 Å². The maximum absolute atomic E-state index is 4.29. The highest BCUT2D eigenvalue weighted by Crippen LogP contribution is 2.33. The highest BCUT2D eigenvalue weighted by Gasteiger charge is 2.05. The lowest BCUT2D eigenvalue weighted by molar-refractivity contribution is 1.09. The minimum atomic E-state index is 0.933. The van der Waals surface area contributed by atoms with E-state index in [1.54, 1.807) is 35.5 Å². The minimum Gasteiger partial charge on any atom is -0.247 e. The van der Waals surface area contributed by atoms with Crippen molar-refractivity contribution in [3.05, 3.63) is 32.8 Å². The third-order valence-electron chi connectivity index (χ3n) is 1.37. The molecule has 2 aromatic rings. The number of rotatable bonds is 2. The van der Waals surface area contributed by atoms with E-state index < -0.39 is 0 Å². The van der Waals surface area contributed by atoms with Gasteiger partial charge in [0, 0.05) is 22.2 Å². The molecule has 0 saturated heterocycles. The van der Waals surface area contributed by atoms with E-state index in [0.29, 0.717) is 0 Å². The van der Waals surface area contributed by atoms with Crippen LogP contribution < -0.4 is 0 Å². The Labute approximate surface area is 106 Å². The summed E-state index contributed by atoms with van der Waals surface area (Å²) in [5, 5.41) is 2.89. The summed E-state index contributed by atoms with van der Waals surface area (Å²) in [4.78, 5) is 8.47. The predicted octanol–water partition coefficient (Wildman–Crippen LogP) is 4.21. The maximum Gasteiger partial charge on any atom is 0.156 e. The van der Waals surface area contributed by atoms with Crippen LogP contribution >= 0.6 is 55.0 Å². The molecule has 0 aliphatic carbocycles. The lowest BCUT2D eigenvalue weighted by atomic mass is 10.5. The number of hydrogen-bond donors (Lipinski definition) is 0. The van der Waals surface area contributed by atoms with E-state index in [-0.39, 0.29) is 0 Å². The Morgan fingerprint density at radius 3 is 2.79 bits per heavy atom. The topological polar surface area (TPSA) is 25.8 Å². The average Bonchev–Trinajstić information content (AvgIpc) is 2.62. The Morgan fingerprint density at radius 2 is 2.14 bits per heavy atom. The first kappa shape index (κ1) is 10.6. The summed E-state index contributed by atoms with van der Waals surface area (Å²) < 4.78 is 2.94. The predicted molar refractivity (Wildman–Crippen MR) is 65.9 cm³/mol. The third-order valence-corrected chi connectivity index (χ3v) is 4.57. The molecule has 2 rings (SSSR count). The summed E-state index contributed by atoms with van der Waals surface area (Å²) in [5.74, 6) is 0. The van der Waals surface area contributed by atoms with E-state index >= 15 is 0 Å². The molecule has 0 spiro atoms. The molecule has 0 fully saturated rings. The van der Waals surface area contributed by atoms with Gasteiger partial charge in [-0.3, -0.25) is 0 Å². The highest BCUT2D eigenvalue weighted by atomic mass is 79.9. The molecule has 14 heavy (non-hydrogen) atoms. The van der Waals surface area contributed by atoms with Gasteiger partial charge >= 0.3 is 0 Å². The van der Waals surface area contributed by atoms with E-state index in [1.165, 1.54) is 0 Å². The van der Waals surface area contributed by atoms with Crippen molar-refractivity contribution < 1.29 is 0 Å². The summed E-state index contributed by atoms with van der Waals surface area (Å²) >= 11 is 9.98. The molecule has 0 saturated carbocycles. The average molecular weight is 352 g/mol. The summed E-state index contributed by atoms with van der Waals surface area (Å²) in [6.45, 7) is 0. The monoisotopic (exact) mass is 350 g/mol. The zero-order valence-electron chi connectivity index (χ0n) is 6.78. The Kier molecular flexibility index (Phi) is 3.59. The first-order valence-corrected chi connectivity index (χ1v) is 6.92. The molecule has 0 aliphatic rings. The Hall–Kier alpha value is 0.0900. The van der Waals surface area contributed by atoms with Gasteiger partial charge < -0.3 is 0 Å². The Balaban J connectivity index is 2.25. The van der Waals surface area contributed by atoms with Gasteiger partial charge in [0.25, 0.3) is 0 Å². The van der Waals surface area contributed by atoms with E-state index in [1.807, 2.05) is 11.4 Å². The molecule has 0 amide bonds. The van der Waals surface area contributed by atoms with Crippen molar-refractivity contribution in [2.24, 2.45) is 0 Å². The normalized spacial score (nSPS) is 10.4. The summed E-state index contributed by atoms with van der Waals surface area (Å²) in [6, 6.07) is 1.98. The molecular weight excluding hydrogens is 348 g/mol. The van der Waals surface area contributed by atoms with Crippen LogP contribution in [0.2, 0.25) is 0 Å². The van der Waals surface area contributed by atoms with Crippen molar-refractivity contribution in [2.45, 2.75) is 9.37 Å². The molecule has 2 heterocycles. The molecule has 0 aromatic carbocycles. The van der Waals surface area contributed by atoms with Gasteiger partial charge in [0.1, 0.15) is 5.03 Å². The first-order valence-electron chi connectivity index (χ1n) is 3.64. The molecule has 2 nitrogen and oxygen atoms in total. The van der Waals surface area contributed by atoms with Gasteiger partial charge in [-0.1, -0.05) is 0 Å². The molecule has 0 radical (unpaired) electrons. The number of nitrogens with zero attached hydrogens (tertiary/aromatic N) is 2. The van der Waals surface area contributed by atoms with Gasteiger partial charge in [-0.25, -0.2) is 9.97 Å². The molecule has 0 unspecified atom stereocenters. The zero-order chi connectivity index (χ0) is 9.97. The number of pyridine rings is 1. The van der Waals surface area contributed by atoms with Crippen LogP contribution in [-0.2, 0) is 0 Å². The largest absolute Gasteiger partial charge is 0.247 e. The molecule has 0 atom stereocenters. The van der Waals surface area contributed by atoms with Crippen LogP contribution in [0, 0.1) is 0 Å². The molecule has 0 aliphatic heterocycles. The van der Waals surface area contributed by atoms with Crippen molar-refractivity contribution in [2.75, 3.05) is 0 Å².